The van der Waals surface area contributed by atoms with E-state index in [1.165, 1.54) is 51.4 Å². The average molecular weight is 329 g/mol. The molecule has 3 nitrogen and oxygen atoms in total. The van der Waals surface area contributed by atoms with E-state index in [1.807, 2.05) is 20.8 Å². The van der Waals surface area contributed by atoms with Gasteiger partial charge < -0.3 is 9.47 Å². The zero-order chi connectivity index (χ0) is 17.5. The average Bonchev–Trinajstić information content (AvgIpc) is 2.50. The summed E-state index contributed by atoms with van der Waals surface area (Å²) in [4.78, 5) is 12.1. The number of carbonyl (C=O) groups excluding carboxylic acids is 1. The Morgan fingerprint density at radius 3 is 1.87 bits per heavy atom. The number of ether oxygens (including phenoxy) is 2. The largest absolute Gasteiger partial charge is 0.461 e. The van der Waals surface area contributed by atoms with Crippen LogP contribution in [0.15, 0.2) is 0 Å². The third kappa shape index (κ3) is 12.5. The van der Waals surface area contributed by atoms with Crippen molar-refractivity contribution in [1.82, 2.24) is 0 Å². The van der Waals surface area contributed by atoms with Crippen molar-refractivity contribution in [3.63, 3.8) is 0 Å². The molecule has 0 saturated heterocycles. The molecule has 0 fully saturated rings. The molecule has 0 rings (SSSR count). The van der Waals surface area contributed by atoms with E-state index in [4.69, 9.17) is 9.47 Å². The van der Waals surface area contributed by atoms with Gasteiger partial charge in [0.25, 0.3) is 0 Å². The number of carbonyl (C=O) groups is 1. The van der Waals surface area contributed by atoms with Gasteiger partial charge in [-0.25, -0.2) is 4.79 Å². The minimum absolute atomic E-state index is 0.0762. The van der Waals surface area contributed by atoms with Gasteiger partial charge >= 0.3 is 5.97 Å². The van der Waals surface area contributed by atoms with E-state index in [0.717, 1.165) is 12.8 Å². The first-order valence-electron chi connectivity index (χ1n) is 9.90. The first-order chi connectivity index (χ1) is 11.0. The van der Waals surface area contributed by atoms with Crippen LogP contribution in [0.2, 0.25) is 0 Å². The summed E-state index contributed by atoms with van der Waals surface area (Å²) in [5.74, 6) is -0.200. The topological polar surface area (TPSA) is 35.5 Å². The van der Waals surface area contributed by atoms with Crippen LogP contribution in [-0.2, 0) is 14.3 Å². The molecular formula is C20H40O3. The molecule has 0 aromatic heterocycles. The van der Waals surface area contributed by atoms with Crippen LogP contribution in [0.3, 0.4) is 0 Å². The molecule has 0 N–H and O–H groups in total. The zero-order valence-corrected chi connectivity index (χ0v) is 16.2. The van der Waals surface area contributed by atoms with Crippen LogP contribution in [0.25, 0.3) is 0 Å². The van der Waals surface area contributed by atoms with Gasteiger partial charge in [0.15, 0.2) is 6.10 Å². The maximum atomic E-state index is 12.1. The van der Waals surface area contributed by atoms with Gasteiger partial charge in [0.1, 0.15) is 0 Å². The van der Waals surface area contributed by atoms with Crippen LogP contribution in [0, 0.1) is 0 Å². The minimum atomic E-state index is -0.403. The fraction of sp³-hybridized carbons (Fsp3) is 0.950. The summed E-state index contributed by atoms with van der Waals surface area (Å²) >= 11 is 0. The molecule has 0 spiro atoms. The standard InChI is InChI=1S/C20H40O3/c1-6-9-11-12-14-16-18(15-13-10-7-2)23-19(8-3)20(21)22-17(4)5/h17-19H,6-16H2,1-5H3. The summed E-state index contributed by atoms with van der Waals surface area (Å²) in [5.41, 5.74) is 0. The van der Waals surface area contributed by atoms with E-state index >= 15 is 0 Å². The Kier molecular flexibility index (Phi) is 14.6. The molecule has 23 heavy (non-hydrogen) atoms. The SMILES string of the molecule is CCCCCCCC(CCCCC)OC(CC)C(=O)OC(C)C. The Labute approximate surface area is 144 Å². The Morgan fingerprint density at radius 1 is 0.826 bits per heavy atom. The lowest BCUT2D eigenvalue weighted by atomic mass is 10.0. The Morgan fingerprint density at radius 2 is 1.35 bits per heavy atom. The van der Waals surface area contributed by atoms with Crippen LogP contribution in [-0.4, -0.2) is 24.3 Å². The monoisotopic (exact) mass is 328 g/mol. The Bertz CT molecular complexity index is 276. The molecule has 0 bridgehead atoms. The van der Waals surface area contributed by atoms with E-state index in [1.54, 1.807) is 0 Å². The summed E-state index contributed by atoms with van der Waals surface area (Å²) in [5, 5.41) is 0. The quantitative estimate of drug-likeness (QED) is 0.271. The van der Waals surface area contributed by atoms with E-state index in [0.29, 0.717) is 6.42 Å². The van der Waals surface area contributed by atoms with Crippen molar-refractivity contribution in [2.75, 3.05) is 0 Å². The van der Waals surface area contributed by atoms with Gasteiger partial charge in [-0.1, -0.05) is 72.1 Å². The maximum Gasteiger partial charge on any atom is 0.335 e. The summed E-state index contributed by atoms with van der Waals surface area (Å²) in [6.45, 7) is 10.2. The third-order valence-electron chi connectivity index (χ3n) is 4.10. The molecule has 0 saturated carbocycles. The summed E-state index contributed by atoms with van der Waals surface area (Å²) in [6, 6.07) is 0. The number of unbranched alkanes of at least 4 members (excludes halogenated alkanes) is 6. The van der Waals surface area contributed by atoms with Crippen molar-refractivity contribution < 1.29 is 14.3 Å². The summed E-state index contributed by atoms with van der Waals surface area (Å²) in [7, 11) is 0. The lowest BCUT2D eigenvalue weighted by molar-refractivity contribution is -0.165. The minimum Gasteiger partial charge on any atom is -0.461 e. The van der Waals surface area contributed by atoms with Gasteiger partial charge in [-0.15, -0.1) is 0 Å². The second kappa shape index (κ2) is 15.0. The van der Waals surface area contributed by atoms with Gasteiger partial charge in [-0.3, -0.25) is 0 Å². The zero-order valence-electron chi connectivity index (χ0n) is 16.2. The molecule has 0 aliphatic carbocycles. The second-order valence-corrected chi connectivity index (χ2v) is 6.84. The number of hydrogen-bond acceptors (Lipinski definition) is 3. The van der Waals surface area contributed by atoms with Gasteiger partial charge in [0.05, 0.1) is 12.2 Å². The molecule has 0 amide bonds. The highest BCUT2D eigenvalue weighted by atomic mass is 16.6. The third-order valence-corrected chi connectivity index (χ3v) is 4.10. The van der Waals surface area contributed by atoms with Gasteiger partial charge in [0, 0.05) is 0 Å². The molecule has 2 unspecified atom stereocenters. The first kappa shape index (κ1) is 22.4. The van der Waals surface area contributed by atoms with E-state index < -0.39 is 6.10 Å². The molecule has 2 atom stereocenters. The lowest BCUT2D eigenvalue weighted by Crippen LogP contribution is -2.32. The highest BCUT2D eigenvalue weighted by Crippen LogP contribution is 2.18. The van der Waals surface area contributed by atoms with Crippen LogP contribution < -0.4 is 0 Å². The number of esters is 1. The van der Waals surface area contributed by atoms with Crippen molar-refractivity contribution in [2.45, 2.75) is 124 Å². The smallest absolute Gasteiger partial charge is 0.335 e. The summed E-state index contributed by atoms with van der Waals surface area (Å²) in [6.07, 6.45) is 12.6. The van der Waals surface area contributed by atoms with E-state index in [9.17, 15) is 4.79 Å². The van der Waals surface area contributed by atoms with Crippen molar-refractivity contribution in [3.8, 4) is 0 Å². The summed E-state index contributed by atoms with van der Waals surface area (Å²) < 4.78 is 11.5. The molecule has 0 aliphatic heterocycles. The van der Waals surface area contributed by atoms with Gasteiger partial charge in [0.2, 0.25) is 0 Å². The molecule has 0 aromatic carbocycles. The molecular weight excluding hydrogens is 288 g/mol. The number of hydrogen-bond donors (Lipinski definition) is 0. The van der Waals surface area contributed by atoms with Crippen molar-refractivity contribution in [1.29, 1.82) is 0 Å². The van der Waals surface area contributed by atoms with Crippen LogP contribution in [0.1, 0.15) is 105 Å². The van der Waals surface area contributed by atoms with E-state index in [2.05, 4.69) is 13.8 Å². The molecule has 0 heterocycles. The van der Waals surface area contributed by atoms with Crippen molar-refractivity contribution in [3.05, 3.63) is 0 Å². The van der Waals surface area contributed by atoms with Crippen molar-refractivity contribution in [2.24, 2.45) is 0 Å². The number of rotatable bonds is 15. The molecule has 0 radical (unpaired) electrons. The lowest BCUT2D eigenvalue weighted by Gasteiger charge is -2.24. The fourth-order valence-electron chi connectivity index (χ4n) is 2.74. The second-order valence-electron chi connectivity index (χ2n) is 6.84. The molecule has 138 valence electrons. The molecule has 0 aliphatic rings. The van der Waals surface area contributed by atoms with Crippen LogP contribution in [0.5, 0.6) is 0 Å². The maximum absolute atomic E-state index is 12.1. The molecule has 0 aromatic rings. The van der Waals surface area contributed by atoms with Crippen molar-refractivity contribution >= 4 is 5.97 Å². The Balaban J connectivity index is 4.35. The predicted octanol–water partition coefficient (Wildman–Crippen LogP) is 6.04. The fourth-order valence-corrected chi connectivity index (χ4v) is 2.74. The highest BCUT2D eigenvalue weighted by molar-refractivity contribution is 5.74. The van der Waals surface area contributed by atoms with Gasteiger partial charge in [-0.05, 0) is 33.1 Å². The molecule has 3 heteroatoms. The van der Waals surface area contributed by atoms with Crippen LogP contribution in [0.4, 0.5) is 0 Å². The highest BCUT2D eigenvalue weighted by Gasteiger charge is 2.23. The van der Waals surface area contributed by atoms with Gasteiger partial charge in [-0.2, -0.15) is 0 Å². The normalized spacial score (nSPS) is 14.0. The van der Waals surface area contributed by atoms with Crippen LogP contribution >= 0.6 is 0 Å². The predicted molar refractivity (Wildman–Crippen MR) is 97.7 cm³/mol. The Hall–Kier alpha value is -0.570. The first-order valence-corrected chi connectivity index (χ1v) is 9.90. The van der Waals surface area contributed by atoms with E-state index in [-0.39, 0.29) is 18.2 Å².